The van der Waals surface area contributed by atoms with Gasteiger partial charge in [0.1, 0.15) is 5.69 Å². The van der Waals surface area contributed by atoms with E-state index in [1.54, 1.807) is 10.9 Å². The van der Waals surface area contributed by atoms with Crippen molar-refractivity contribution in [3.63, 3.8) is 0 Å². The van der Waals surface area contributed by atoms with Gasteiger partial charge in [-0.15, -0.1) is 0 Å². The summed E-state index contributed by atoms with van der Waals surface area (Å²) in [5.74, 6) is 0. The highest BCUT2D eigenvalue weighted by Gasteiger charge is 2.18. The van der Waals surface area contributed by atoms with Crippen molar-refractivity contribution in [1.29, 1.82) is 0 Å². The molecule has 0 aliphatic rings. The maximum Gasteiger partial charge on any atom is 0.293 e. The van der Waals surface area contributed by atoms with Gasteiger partial charge in [-0.1, -0.05) is 23.2 Å². The molecule has 1 atom stereocenters. The van der Waals surface area contributed by atoms with Crippen LogP contribution < -0.4 is 5.32 Å². The highest BCUT2D eigenvalue weighted by atomic mass is 35.5. The summed E-state index contributed by atoms with van der Waals surface area (Å²) in [4.78, 5) is 10.5. The van der Waals surface area contributed by atoms with E-state index in [0.29, 0.717) is 12.2 Å². The molecule has 106 valence electrons. The van der Waals surface area contributed by atoms with E-state index in [2.05, 4.69) is 10.4 Å². The van der Waals surface area contributed by atoms with Gasteiger partial charge in [-0.3, -0.25) is 14.8 Å². The van der Waals surface area contributed by atoms with Gasteiger partial charge in [-0.2, -0.15) is 5.10 Å². The average molecular weight is 315 g/mol. The number of nitrogens with zero attached hydrogens (tertiary/aromatic N) is 3. The van der Waals surface area contributed by atoms with Crippen LogP contribution in [0.3, 0.4) is 0 Å². The topological polar surface area (TPSA) is 73.0 Å². The second-order valence-electron chi connectivity index (χ2n) is 4.31. The van der Waals surface area contributed by atoms with Gasteiger partial charge in [-0.05, 0) is 19.1 Å². The minimum Gasteiger partial charge on any atom is -0.375 e. The van der Waals surface area contributed by atoms with Crippen LogP contribution in [0.25, 0.3) is 0 Å². The van der Waals surface area contributed by atoms with Crippen LogP contribution in [0.2, 0.25) is 10.0 Å². The number of nitro benzene ring substituents is 1. The second kappa shape index (κ2) is 6.11. The summed E-state index contributed by atoms with van der Waals surface area (Å²) in [7, 11) is 0. The second-order valence-corrected chi connectivity index (χ2v) is 5.13. The number of halogens is 2. The van der Waals surface area contributed by atoms with E-state index in [9.17, 15) is 10.1 Å². The maximum atomic E-state index is 11.0. The fourth-order valence-electron chi connectivity index (χ4n) is 1.80. The Morgan fingerprint density at radius 3 is 2.75 bits per heavy atom. The molecule has 1 aromatic carbocycles. The molecular formula is C12H12Cl2N4O2. The molecule has 0 radical (unpaired) electrons. The zero-order valence-corrected chi connectivity index (χ0v) is 12.1. The van der Waals surface area contributed by atoms with Crippen LogP contribution >= 0.6 is 23.2 Å². The van der Waals surface area contributed by atoms with Crippen LogP contribution in [-0.2, 0) is 6.54 Å². The summed E-state index contributed by atoms with van der Waals surface area (Å²) >= 11 is 11.7. The molecule has 0 saturated carbocycles. The number of nitrogens with one attached hydrogen (secondary N) is 1. The molecule has 0 saturated heterocycles. The first-order valence-electron chi connectivity index (χ1n) is 5.84. The third kappa shape index (κ3) is 3.40. The van der Waals surface area contributed by atoms with Crippen LogP contribution in [0.15, 0.2) is 30.6 Å². The lowest BCUT2D eigenvalue weighted by Gasteiger charge is -2.15. The van der Waals surface area contributed by atoms with Crippen molar-refractivity contribution in [1.82, 2.24) is 9.78 Å². The number of rotatable bonds is 5. The van der Waals surface area contributed by atoms with E-state index in [0.717, 1.165) is 0 Å². The van der Waals surface area contributed by atoms with Crippen LogP contribution in [0.4, 0.5) is 11.4 Å². The summed E-state index contributed by atoms with van der Waals surface area (Å²) in [6.07, 6.45) is 3.50. The van der Waals surface area contributed by atoms with Crippen molar-refractivity contribution in [2.75, 3.05) is 5.32 Å². The molecule has 0 aliphatic heterocycles. The largest absolute Gasteiger partial charge is 0.375 e. The number of anilines is 1. The molecular weight excluding hydrogens is 303 g/mol. The Kier molecular flexibility index (Phi) is 4.46. The van der Waals surface area contributed by atoms with Crippen molar-refractivity contribution in [3.8, 4) is 0 Å². The van der Waals surface area contributed by atoms with Crippen molar-refractivity contribution in [2.45, 2.75) is 19.5 Å². The molecule has 8 heteroatoms. The van der Waals surface area contributed by atoms with Crippen LogP contribution in [0.1, 0.15) is 6.92 Å². The Bertz CT molecular complexity index is 616. The van der Waals surface area contributed by atoms with Gasteiger partial charge < -0.3 is 5.32 Å². The van der Waals surface area contributed by atoms with Crippen LogP contribution in [0, 0.1) is 10.1 Å². The lowest BCUT2D eigenvalue weighted by molar-refractivity contribution is -0.384. The minimum atomic E-state index is -0.495. The summed E-state index contributed by atoms with van der Waals surface area (Å²) in [5, 5.41) is 18.6. The molecule has 20 heavy (non-hydrogen) atoms. The van der Waals surface area contributed by atoms with Gasteiger partial charge in [0.2, 0.25) is 0 Å². The molecule has 0 bridgehead atoms. The maximum absolute atomic E-state index is 11.0. The van der Waals surface area contributed by atoms with E-state index in [4.69, 9.17) is 23.2 Å². The van der Waals surface area contributed by atoms with E-state index in [1.165, 1.54) is 12.1 Å². The first kappa shape index (κ1) is 14.6. The highest BCUT2D eigenvalue weighted by molar-refractivity contribution is 6.42. The number of benzene rings is 1. The van der Waals surface area contributed by atoms with Gasteiger partial charge >= 0.3 is 0 Å². The molecule has 1 unspecified atom stereocenters. The van der Waals surface area contributed by atoms with Crippen LogP contribution in [0.5, 0.6) is 0 Å². The van der Waals surface area contributed by atoms with Gasteiger partial charge in [0, 0.05) is 24.5 Å². The van der Waals surface area contributed by atoms with E-state index < -0.39 is 4.92 Å². The average Bonchev–Trinajstić information content (AvgIpc) is 2.85. The summed E-state index contributed by atoms with van der Waals surface area (Å²) in [6.45, 7) is 2.47. The molecule has 0 amide bonds. The van der Waals surface area contributed by atoms with Crippen molar-refractivity contribution in [3.05, 3.63) is 50.8 Å². The summed E-state index contributed by atoms with van der Waals surface area (Å²) in [6, 6.07) is 4.45. The lowest BCUT2D eigenvalue weighted by Crippen LogP contribution is -2.22. The van der Waals surface area contributed by atoms with E-state index in [-0.39, 0.29) is 21.8 Å². The molecule has 2 aromatic rings. The Labute approximate surface area is 125 Å². The summed E-state index contributed by atoms with van der Waals surface area (Å²) < 4.78 is 1.74. The Hall–Kier alpha value is -1.79. The molecule has 0 aliphatic carbocycles. The lowest BCUT2D eigenvalue weighted by atomic mass is 10.2. The zero-order valence-electron chi connectivity index (χ0n) is 10.6. The molecule has 1 N–H and O–H groups in total. The quantitative estimate of drug-likeness (QED) is 0.676. The SMILES string of the molecule is CC(Cn1cccn1)Nc1cc(Cl)c(Cl)cc1[N+](=O)[O-]. The molecule has 0 spiro atoms. The highest BCUT2D eigenvalue weighted by Crippen LogP contribution is 2.34. The summed E-state index contributed by atoms with van der Waals surface area (Å²) in [5.41, 5.74) is 0.232. The first-order valence-corrected chi connectivity index (χ1v) is 6.60. The fraction of sp³-hybridized carbons (Fsp3) is 0.250. The Morgan fingerprint density at radius 1 is 1.45 bits per heavy atom. The monoisotopic (exact) mass is 314 g/mol. The van der Waals surface area contributed by atoms with Crippen LogP contribution in [-0.4, -0.2) is 20.7 Å². The molecule has 0 fully saturated rings. The smallest absolute Gasteiger partial charge is 0.293 e. The first-order chi connectivity index (χ1) is 9.47. The standard InChI is InChI=1S/C12H12Cl2N4O2/c1-8(7-17-4-2-3-15-17)16-11-5-9(13)10(14)6-12(11)18(19)20/h2-6,8,16H,7H2,1H3. The van der Waals surface area contributed by atoms with Gasteiger partial charge in [0.25, 0.3) is 5.69 Å². The van der Waals surface area contributed by atoms with Crippen molar-refractivity contribution in [2.24, 2.45) is 0 Å². The van der Waals surface area contributed by atoms with E-state index in [1.807, 2.05) is 19.2 Å². The number of hydrogen-bond donors (Lipinski definition) is 1. The van der Waals surface area contributed by atoms with Gasteiger partial charge in [-0.25, -0.2) is 0 Å². The third-order valence-electron chi connectivity index (χ3n) is 2.66. The molecule has 1 aromatic heterocycles. The predicted molar refractivity (Wildman–Crippen MR) is 78.4 cm³/mol. The normalized spacial score (nSPS) is 12.2. The fourth-order valence-corrected chi connectivity index (χ4v) is 2.12. The number of aromatic nitrogens is 2. The van der Waals surface area contributed by atoms with Crippen molar-refractivity contribution >= 4 is 34.6 Å². The van der Waals surface area contributed by atoms with E-state index >= 15 is 0 Å². The number of nitro groups is 1. The van der Waals surface area contributed by atoms with Gasteiger partial charge in [0.15, 0.2) is 0 Å². The Balaban J connectivity index is 2.19. The van der Waals surface area contributed by atoms with Crippen molar-refractivity contribution < 1.29 is 4.92 Å². The zero-order chi connectivity index (χ0) is 14.7. The molecule has 1 heterocycles. The third-order valence-corrected chi connectivity index (χ3v) is 3.38. The molecule has 2 rings (SSSR count). The van der Waals surface area contributed by atoms with Gasteiger partial charge in [0.05, 0.1) is 21.5 Å². The number of hydrogen-bond acceptors (Lipinski definition) is 4. The minimum absolute atomic E-state index is 0.0640. The molecule has 6 nitrogen and oxygen atoms in total. The Morgan fingerprint density at radius 2 is 2.15 bits per heavy atom. The predicted octanol–water partition coefficient (Wildman–Crippen LogP) is 3.60.